The maximum atomic E-state index is 12.8. The molecule has 0 aliphatic heterocycles. The molecule has 0 atom stereocenters. The summed E-state index contributed by atoms with van der Waals surface area (Å²) in [7, 11) is 2.06. The highest BCUT2D eigenvalue weighted by atomic mass is 32.1. The van der Waals surface area contributed by atoms with Gasteiger partial charge in [0, 0.05) is 17.0 Å². The molecule has 2 aromatic carbocycles. The summed E-state index contributed by atoms with van der Waals surface area (Å²) >= 11 is 1.69. The predicted molar refractivity (Wildman–Crippen MR) is 127 cm³/mol. The van der Waals surface area contributed by atoms with E-state index >= 15 is 0 Å². The van der Waals surface area contributed by atoms with E-state index in [4.69, 9.17) is 9.72 Å². The lowest BCUT2D eigenvalue weighted by atomic mass is 10.0. The Morgan fingerprint density at radius 2 is 2.03 bits per heavy atom. The van der Waals surface area contributed by atoms with Crippen LogP contribution in [0.2, 0.25) is 0 Å². The number of nitrogens with zero attached hydrogens (tertiary/aromatic N) is 2. The van der Waals surface area contributed by atoms with Crippen LogP contribution < -0.4 is 10.3 Å². The first-order chi connectivity index (χ1) is 15.1. The lowest BCUT2D eigenvalue weighted by Gasteiger charge is -2.20. The third-order valence-electron chi connectivity index (χ3n) is 5.93. The summed E-state index contributed by atoms with van der Waals surface area (Å²) in [5.74, 6) is 1.65. The molecular weight excluding hydrogens is 406 g/mol. The lowest BCUT2D eigenvalue weighted by Crippen LogP contribution is -2.22. The first-order valence-electron chi connectivity index (χ1n) is 11.0. The Labute approximate surface area is 185 Å². The molecule has 2 aromatic heterocycles. The number of hydrogen-bond donors (Lipinski definition) is 1. The molecule has 0 spiro atoms. The monoisotopic (exact) mass is 433 g/mol. The van der Waals surface area contributed by atoms with Gasteiger partial charge in [0.1, 0.15) is 16.4 Å². The van der Waals surface area contributed by atoms with Crippen LogP contribution in [0, 0.1) is 0 Å². The van der Waals surface area contributed by atoms with Crippen molar-refractivity contribution in [1.82, 2.24) is 14.9 Å². The molecule has 0 saturated carbocycles. The Kier molecular flexibility index (Phi) is 5.50. The minimum Gasteiger partial charge on any atom is -0.493 e. The molecule has 0 saturated heterocycles. The molecule has 31 heavy (non-hydrogen) atoms. The molecule has 160 valence electrons. The number of H-pyrrole nitrogens is 1. The summed E-state index contributed by atoms with van der Waals surface area (Å²) in [5, 5.41) is 3.22. The van der Waals surface area contributed by atoms with Gasteiger partial charge in [-0.3, -0.25) is 9.69 Å². The van der Waals surface area contributed by atoms with Crippen LogP contribution in [0.15, 0.2) is 41.2 Å². The number of hydrogen-bond acceptors (Lipinski definition) is 5. The van der Waals surface area contributed by atoms with Gasteiger partial charge in [-0.25, -0.2) is 4.98 Å². The average Bonchev–Trinajstić information content (AvgIpc) is 3.34. The molecule has 0 radical (unpaired) electrons. The maximum absolute atomic E-state index is 12.8. The minimum atomic E-state index is 0.00456. The van der Waals surface area contributed by atoms with E-state index in [9.17, 15) is 4.79 Å². The highest BCUT2D eigenvalue weighted by Crippen LogP contribution is 2.34. The summed E-state index contributed by atoms with van der Waals surface area (Å²) in [4.78, 5) is 25.0. The van der Waals surface area contributed by atoms with E-state index in [0.29, 0.717) is 19.7 Å². The molecule has 1 aliphatic carbocycles. The number of ether oxygens (including phenoxy) is 1. The van der Waals surface area contributed by atoms with Gasteiger partial charge < -0.3 is 9.72 Å². The summed E-state index contributed by atoms with van der Waals surface area (Å²) < 4.78 is 6.06. The third kappa shape index (κ3) is 3.86. The van der Waals surface area contributed by atoms with Crippen molar-refractivity contribution in [3.05, 3.63) is 68.6 Å². The van der Waals surface area contributed by atoms with Gasteiger partial charge in [0.25, 0.3) is 5.56 Å². The molecule has 1 N–H and O–H groups in total. The van der Waals surface area contributed by atoms with E-state index in [0.717, 1.165) is 47.5 Å². The average molecular weight is 434 g/mol. The van der Waals surface area contributed by atoms with Crippen molar-refractivity contribution in [1.29, 1.82) is 0 Å². The lowest BCUT2D eigenvalue weighted by molar-refractivity contribution is 0.287. The largest absolute Gasteiger partial charge is 0.493 e. The first kappa shape index (κ1) is 20.2. The van der Waals surface area contributed by atoms with Gasteiger partial charge in [-0.05, 0) is 55.1 Å². The fraction of sp³-hybridized carbons (Fsp3) is 0.360. The van der Waals surface area contributed by atoms with Crippen LogP contribution in [0.3, 0.4) is 0 Å². The molecule has 0 amide bonds. The number of thiophene rings is 1. The number of aryl methyl sites for hydroxylation is 2. The molecular formula is C25H27N3O2S. The van der Waals surface area contributed by atoms with Crippen LogP contribution in [0.5, 0.6) is 5.75 Å². The zero-order chi connectivity index (χ0) is 21.4. The van der Waals surface area contributed by atoms with Gasteiger partial charge >= 0.3 is 0 Å². The standard InChI is InChI=1S/C25H27N3O2S/c1-3-13-30-20-12-11-16-7-4-5-8-17(16)19(20)14-28(2)15-22-26-24(29)23-18-9-6-10-21(18)31-25(23)27-22/h4-5,7-8,11-12H,3,6,9-10,13-15H2,1-2H3,(H,26,27,29). The number of benzene rings is 2. The zero-order valence-corrected chi connectivity index (χ0v) is 18.8. The van der Waals surface area contributed by atoms with Crippen LogP contribution in [0.4, 0.5) is 0 Å². The van der Waals surface area contributed by atoms with Gasteiger partial charge in [0.05, 0.1) is 18.5 Å². The van der Waals surface area contributed by atoms with Crippen molar-refractivity contribution in [2.24, 2.45) is 0 Å². The molecule has 6 heteroatoms. The Balaban J connectivity index is 1.43. The van der Waals surface area contributed by atoms with Gasteiger partial charge in [0.2, 0.25) is 0 Å². The highest BCUT2D eigenvalue weighted by Gasteiger charge is 2.21. The van der Waals surface area contributed by atoms with Crippen LogP contribution in [-0.4, -0.2) is 28.5 Å². The van der Waals surface area contributed by atoms with Crippen LogP contribution in [0.1, 0.15) is 41.6 Å². The predicted octanol–water partition coefficient (Wildman–Crippen LogP) is 5.05. The van der Waals surface area contributed by atoms with Crippen molar-refractivity contribution in [2.75, 3.05) is 13.7 Å². The van der Waals surface area contributed by atoms with Crippen molar-refractivity contribution in [3.63, 3.8) is 0 Å². The molecule has 2 heterocycles. The zero-order valence-electron chi connectivity index (χ0n) is 18.0. The molecule has 1 aliphatic rings. The maximum Gasteiger partial charge on any atom is 0.259 e. The number of aromatic nitrogens is 2. The number of rotatable bonds is 7. The molecule has 0 unspecified atom stereocenters. The highest BCUT2D eigenvalue weighted by molar-refractivity contribution is 7.18. The Morgan fingerprint density at radius 3 is 2.90 bits per heavy atom. The van der Waals surface area contributed by atoms with E-state index in [1.807, 2.05) is 0 Å². The Hall–Kier alpha value is -2.70. The molecule has 4 aromatic rings. The fourth-order valence-corrected chi connectivity index (χ4v) is 5.81. The first-order valence-corrected chi connectivity index (χ1v) is 11.8. The molecule has 5 rings (SSSR count). The second-order valence-corrected chi connectivity index (χ2v) is 9.42. The fourth-order valence-electron chi connectivity index (χ4n) is 4.53. The third-order valence-corrected chi connectivity index (χ3v) is 7.12. The van der Waals surface area contributed by atoms with E-state index in [1.165, 1.54) is 26.8 Å². The van der Waals surface area contributed by atoms with E-state index in [-0.39, 0.29) is 5.56 Å². The van der Waals surface area contributed by atoms with E-state index in [1.54, 1.807) is 11.3 Å². The quantitative estimate of drug-likeness (QED) is 0.443. The molecule has 0 fully saturated rings. The van der Waals surface area contributed by atoms with Crippen LogP contribution in [-0.2, 0) is 25.9 Å². The molecule has 0 bridgehead atoms. The number of aromatic amines is 1. The van der Waals surface area contributed by atoms with Gasteiger partial charge in [-0.2, -0.15) is 0 Å². The molecule has 5 nitrogen and oxygen atoms in total. The van der Waals surface area contributed by atoms with Gasteiger partial charge in [0.15, 0.2) is 0 Å². The van der Waals surface area contributed by atoms with Crippen LogP contribution in [0.25, 0.3) is 21.0 Å². The second-order valence-electron chi connectivity index (χ2n) is 8.33. The van der Waals surface area contributed by atoms with Gasteiger partial charge in [-0.1, -0.05) is 37.3 Å². The summed E-state index contributed by atoms with van der Waals surface area (Å²) in [6, 6.07) is 12.6. The van der Waals surface area contributed by atoms with Crippen molar-refractivity contribution in [2.45, 2.75) is 45.7 Å². The number of fused-ring (bicyclic) bond motifs is 4. The van der Waals surface area contributed by atoms with Gasteiger partial charge in [-0.15, -0.1) is 11.3 Å². The normalized spacial score (nSPS) is 13.4. The second kappa shape index (κ2) is 8.44. The Bertz CT molecular complexity index is 1310. The summed E-state index contributed by atoms with van der Waals surface area (Å²) in [6.45, 7) is 4.10. The Morgan fingerprint density at radius 1 is 1.16 bits per heavy atom. The summed E-state index contributed by atoms with van der Waals surface area (Å²) in [6.07, 6.45) is 4.19. The van der Waals surface area contributed by atoms with E-state index < -0.39 is 0 Å². The van der Waals surface area contributed by atoms with Crippen molar-refractivity contribution >= 4 is 32.3 Å². The summed E-state index contributed by atoms with van der Waals surface area (Å²) in [5.41, 5.74) is 2.40. The smallest absolute Gasteiger partial charge is 0.259 e. The van der Waals surface area contributed by atoms with Crippen molar-refractivity contribution < 1.29 is 4.74 Å². The van der Waals surface area contributed by atoms with Crippen LogP contribution >= 0.6 is 11.3 Å². The number of nitrogens with one attached hydrogen (secondary N) is 1. The van der Waals surface area contributed by atoms with Crippen molar-refractivity contribution in [3.8, 4) is 5.75 Å². The van der Waals surface area contributed by atoms with E-state index in [2.05, 4.69) is 60.3 Å². The SMILES string of the molecule is CCCOc1ccc2ccccc2c1CN(C)Cc1nc2sc3c(c2c(=O)[nH]1)CCC3. The minimum absolute atomic E-state index is 0.00456. The topological polar surface area (TPSA) is 58.2 Å².